The standard InChI is InChI=1S/C29H20N2.C2H4/c1-2-12-22(13-3-1)29-30-27(25-18-8-14-20-10-4-6-16-23(20)25)28(31-29)26-19-9-15-21-11-5-7-17-24(21)26;1-2/h1-19,27H;1-2H2. The van der Waals surface area contributed by atoms with E-state index in [0.717, 1.165) is 22.7 Å². The SMILES string of the molecule is C=C.c1ccc(C2=NC(c3cccc4ccccc34)C(c3cccc4ccccc34)=N2)cc1. The van der Waals surface area contributed by atoms with Crippen molar-refractivity contribution in [3.8, 4) is 0 Å². The van der Waals surface area contributed by atoms with Gasteiger partial charge in [0.15, 0.2) is 5.84 Å². The zero-order chi connectivity index (χ0) is 22.6. The Labute approximate surface area is 194 Å². The molecule has 6 rings (SSSR count). The Kier molecular flexibility index (Phi) is 5.65. The molecule has 5 aromatic carbocycles. The van der Waals surface area contributed by atoms with Crippen molar-refractivity contribution < 1.29 is 0 Å². The summed E-state index contributed by atoms with van der Waals surface area (Å²) in [5.41, 5.74) is 4.39. The molecule has 0 saturated heterocycles. The molecule has 0 fully saturated rings. The molecule has 0 bridgehead atoms. The Bertz CT molecular complexity index is 1490. The molecule has 0 radical (unpaired) electrons. The summed E-state index contributed by atoms with van der Waals surface area (Å²) in [5, 5.41) is 4.87. The van der Waals surface area contributed by atoms with E-state index >= 15 is 0 Å². The van der Waals surface area contributed by atoms with E-state index in [0.29, 0.717) is 0 Å². The summed E-state index contributed by atoms with van der Waals surface area (Å²) in [6, 6.07) is 40.0. The zero-order valence-electron chi connectivity index (χ0n) is 18.4. The molecule has 1 atom stereocenters. The minimum absolute atomic E-state index is 0.146. The highest BCUT2D eigenvalue weighted by Gasteiger charge is 2.28. The number of benzene rings is 5. The van der Waals surface area contributed by atoms with Crippen molar-refractivity contribution in [3.05, 3.63) is 145 Å². The average Bonchev–Trinajstić information content (AvgIpc) is 3.35. The van der Waals surface area contributed by atoms with Crippen LogP contribution in [0.3, 0.4) is 0 Å². The van der Waals surface area contributed by atoms with Gasteiger partial charge in [-0.2, -0.15) is 0 Å². The van der Waals surface area contributed by atoms with E-state index < -0.39 is 0 Å². The smallest absolute Gasteiger partial charge is 0.155 e. The Hall–Kier alpha value is -4.30. The van der Waals surface area contributed by atoms with Gasteiger partial charge in [-0.3, -0.25) is 4.99 Å². The lowest BCUT2D eigenvalue weighted by Gasteiger charge is -2.16. The van der Waals surface area contributed by atoms with E-state index in [-0.39, 0.29) is 6.04 Å². The molecule has 1 unspecified atom stereocenters. The average molecular weight is 425 g/mol. The molecule has 0 spiro atoms. The minimum atomic E-state index is -0.146. The van der Waals surface area contributed by atoms with E-state index in [1.54, 1.807) is 0 Å². The third-order valence-electron chi connectivity index (χ3n) is 5.95. The lowest BCUT2D eigenvalue weighted by atomic mass is 9.91. The molecule has 0 aromatic heterocycles. The van der Waals surface area contributed by atoms with Crippen molar-refractivity contribution in [2.24, 2.45) is 9.98 Å². The molecule has 1 aliphatic heterocycles. The number of amidine groups is 1. The molecule has 2 heteroatoms. The van der Waals surface area contributed by atoms with E-state index in [4.69, 9.17) is 9.98 Å². The van der Waals surface area contributed by atoms with Crippen molar-refractivity contribution in [2.75, 3.05) is 0 Å². The minimum Gasteiger partial charge on any atom is -0.251 e. The zero-order valence-corrected chi connectivity index (χ0v) is 18.4. The molecule has 1 aliphatic rings. The maximum Gasteiger partial charge on any atom is 0.155 e. The summed E-state index contributed by atoms with van der Waals surface area (Å²) < 4.78 is 0. The van der Waals surface area contributed by atoms with Gasteiger partial charge in [0, 0.05) is 11.1 Å². The highest BCUT2D eigenvalue weighted by molar-refractivity contribution is 6.23. The van der Waals surface area contributed by atoms with Crippen molar-refractivity contribution in [2.45, 2.75) is 6.04 Å². The van der Waals surface area contributed by atoms with Gasteiger partial charge < -0.3 is 0 Å². The van der Waals surface area contributed by atoms with Crippen LogP contribution in [0.25, 0.3) is 21.5 Å². The van der Waals surface area contributed by atoms with Gasteiger partial charge in [-0.1, -0.05) is 115 Å². The molecular formula is C31H24N2. The maximum atomic E-state index is 5.16. The van der Waals surface area contributed by atoms with E-state index in [1.807, 2.05) is 18.2 Å². The summed E-state index contributed by atoms with van der Waals surface area (Å²) >= 11 is 0. The van der Waals surface area contributed by atoms with Crippen LogP contribution in [-0.4, -0.2) is 11.5 Å². The summed E-state index contributed by atoms with van der Waals surface area (Å²) in [4.78, 5) is 10.3. The van der Waals surface area contributed by atoms with Gasteiger partial charge in [0.2, 0.25) is 0 Å². The molecule has 0 N–H and O–H groups in total. The van der Waals surface area contributed by atoms with Gasteiger partial charge in [-0.15, -0.1) is 13.2 Å². The largest absolute Gasteiger partial charge is 0.251 e. The molecule has 33 heavy (non-hydrogen) atoms. The molecule has 5 aromatic rings. The van der Waals surface area contributed by atoms with Crippen LogP contribution in [0.1, 0.15) is 22.7 Å². The monoisotopic (exact) mass is 424 g/mol. The van der Waals surface area contributed by atoms with Crippen molar-refractivity contribution in [3.63, 3.8) is 0 Å². The van der Waals surface area contributed by atoms with E-state index in [2.05, 4.69) is 110 Å². The second-order valence-electron chi connectivity index (χ2n) is 7.81. The Morgan fingerprint density at radius 2 is 1.12 bits per heavy atom. The van der Waals surface area contributed by atoms with Crippen LogP contribution in [0.15, 0.2) is 138 Å². The van der Waals surface area contributed by atoms with Gasteiger partial charge >= 0.3 is 0 Å². The first kappa shape index (κ1) is 20.6. The van der Waals surface area contributed by atoms with Crippen LogP contribution in [0.4, 0.5) is 0 Å². The fraction of sp³-hybridized carbons (Fsp3) is 0.0323. The Morgan fingerprint density at radius 3 is 1.88 bits per heavy atom. The molecule has 0 saturated carbocycles. The fourth-order valence-corrected chi connectivity index (χ4v) is 4.48. The quantitative estimate of drug-likeness (QED) is 0.264. The van der Waals surface area contributed by atoms with Crippen LogP contribution in [-0.2, 0) is 0 Å². The van der Waals surface area contributed by atoms with Gasteiger partial charge in [-0.25, -0.2) is 4.99 Å². The lowest BCUT2D eigenvalue weighted by Crippen LogP contribution is -2.10. The first-order valence-electron chi connectivity index (χ1n) is 11.1. The van der Waals surface area contributed by atoms with Crippen LogP contribution < -0.4 is 0 Å². The summed E-state index contributed by atoms with van der Waals surface area (Å²) in [6.07, 6.45) is 0. The second-order valence-corrected chi connectivity index (χ2v) is 7.81. The molecular weight excluding hydrogens is 400 g/mol. The van der Waals surface area contributed by atoms with Crippen molar-refractivity contribution in [1.29, 1.82) is 0 Å². The molecule has 1 heterocycles. The van der Waals surface area contributed by atoms with Gasteiger partial charge in [0.1, 0.15) is 6.04 Å². The van der Waals surface area contributed by atoms with Crippen LogP contribution in [0.2, 0.25) is 0 Å². The van der Waals surface area contributed by atoms with Gasteiger partial charge in [0.25, 0.3) is 0 Å². The normalized spacial score (nSPS) is 15.0. The van der Waals surface area contributed by atoms with E-state index in [9.17, 15) is 0 Å². The topological polar surface area (TPSA) is 24.7 Å². The number of rotatable bonds is 3. The molecule has 0 aliphatic carbocycles. The maximum absolute atomic E-state index is 5.16. The molecule has 2 nitrogen and oxygen atoms in total. The fourth-order valence-electron chi connectivity index (χ4n) is 4.48. The molecule has 158 valence electrons. The van der Waals surface area contributed by atoms with E-state index in [1.165, 1.54) is 27.1 Å². The number of fused-ring (bicyclic) bond motifs is 2. The Morgan fingerprint density at radius 1 is 0.545 bits per heavy atom. The molecule has 0 amide bonds. The first-order chi connectivity index (χ1) is 16.4. The van der Waals surface area contributed by atoms with Gasteiger partial charge in [-0.05, 0) is 27.1 Å². The van der Waals surface area contributed by atoms with Crippen LogP contribution in [0, 0.1) is 0 Å². The predicted octanol–water partition coefficient (Wildman–Crippen LogP) is 7.79. The number of hydrogen-bond acceptors (Lipinski definition) is 2. The summed E-state index contributed by atoms with van der Waals surface area (Å²) in [6.45, 7) is 6.00. The highest BCUT2D eigenvalue weighted by Crippen LogP contribution is 2.35. The van der Waals surface area contributed by atoms with Crippen molar-refractivity contribution >= 4 is 33.1 Å². The van der Waals surface area contributed by atoms with Crippen LogP contribution >= 0.6 is 0 Å². The first-order valence-corrected chi connectivity index (χ1v) is 11.1. The third-order valence-corrected chi connectivity index (χ3v) is 5.95. The third kappa shape index (κ3) is 3.77. The highest BCUT2D eigenvalue weighted by atomic mass is 15.0. The number of hydrogen-bond donors (Lipinski definition) is 0. The second kappa shape index (κ2) is 9.05. The number of nitrogens with zero attached hydrogens (tertiary/aromatic N) is 2. The van der Waals surface area contributed by atoms with Crippen molar-refractivity contribution in [1.82, 2.24) is 0 Å². The van der Waals surface area contributed by atoms with Gasteiger partial charge in [0.05, 0.1) is 5.71 Å². The predicted molar refractivity (Wildman–Crippen MR) is 141 cm³/mol. The summed E-state index contributed by atoms with van der Waals surface area (Å²) in [7, 11) is 0. The Balaban J connectivity index is 0.00000111. The summed E-state index contributed by atoms with van der Waals surface area (Å²) in [5.74, 6) is 0.793. The van der Waals surface area contributed by atoms with Crippen LogP contribution in [0.5, 0.6) is 0 Å². The lowest BCUT2D eigenvalue weighted by molar-refractivity contribution is 0.999. The number of aliphatic imine (C=N–C) groups is 2.